The van der Waals surface area contributed by atoms with Crippen LogP contribution in [0.5, 0.6) is 0 Å². The highest BCUT2D eigenvalue weighted by molar-refractivity contribution is 6.00. The molecule has 2 aromatic carbocycles. The van der Waals surface area contributed by atoms with E-state index in [4.69, 9.17) is 0 Å². The first-order chi connectivity index (χ1) is 21.6. The number of likely N-dealkylation sites (tertiary alicyclic amines) is 1. The highest BCUT2D eigenvalue weighted by Crippen LogP contribution is 2.38. The highest BCUT2D eigenvalue weighted by Gasteiger charge is 2.38. The summed E-state index contributed by atoms with van der Waals surface area (Å²) in [5.74, 6) is -2.02. The van der Waals surface area contributed by atoms with E-state index in [1.54, 1.807) is 19.3 Å². The summed E-state index contributed by atoms with van der Waals surface area (Å²) >= 11 is 0. The molecule has 4 aromatic rings. The lowest BCUT2D eigenvalue weighted by Gasteiger charge is -2.28. The number of amides is 1. The number of rotatable bonds is 8. The van der Waals surface area contributed by atoms with Crippen molar-refractivity contribution in [1.82, 2.24) is 30.0 Å². The lowest BCUT2D eigenvalue weighted by molar-refractivity contribution is -0.140. The minimum Gasteiger partial charge on any atom is -0.348 e. The van der Waals surface area contributed by atoms with E-state index in [2.05, 4.69) is 25.3 Å². The SMILES string of the molecule is CC1=C(C(=O)Cc2ccc3cnccc3c2)C(c2ccc(C(F)(F)F)c(F)c2)n2nc(C(=O)NCCN3CCCCC3)nc2C1. The monoisotopic (exact) mass is 620 g/mol. The molecule has 1 unspecified atom stereocenters. The minimum atomic E-state index is -4.89. The van der Waals surface area contributed by atoms with Gasteiger partial charge in [-0.1, -0.05) is 36.3 Å². The van der Waals surface area contributed by atoms with E-state index < -0.39 is 29.5 Å². The molecule has 2 aliphatic rings. The minimum absolute atomic E-state index is 0.00156. The molecule has 0 spiro atoms. The Kier molecular flexibility index (Phi) is 8.50. The Bertz CT molecular complexity index is 1790. The Morgan fingerprint density at radius 2 is 1.82 bits per heavy atom. The standard InChI is InChI=1S/C33H32F4N6O2/c1-20-15-28-40-31(32(45)39-11-14-42-12-3-2-4-13-42)41-43(28)30(23-7-8-25(26(34)18-23)33(35,36)37)29(20)27(44)17-21-5-6-24-19-38-10-9-22(24)16-21/h5-10,16,18-19,30H,2-4,11-15,17H2,1H3,(H,39,45). The zero-order valence-corrected chi connectivity index (χ0v) is 24.7. The number of piperidine rings is 1. The van der Waals surface area contributed by atoms with Crippen LogP contribution in [0.1, 0.15) is 65.4 Å². The number of hydrogen-bond acceptors (Lipinski definition) is 6. The Morgan fingerprint density at radius 3 is 2.58 bits per heavy atom. The molecule has 0 aliphatic carbocycles. The average Bonchev–Trinajstić information content (AvgIpc) is 3.44. The average molecular weight is 621 g/mol. The van der Waals surface area contributed by atoms with Gasteiger partial charge in [-0.2, -0.15) is 13.2 Å². The molecule has 1 amide bonds. The first kappa shape index (κ1) is 30.6. The fourth-order valence-corrected chi connectivity index (χ4v) is 6.21. The van der Waals surface area contributed by atoms with Gasteiger partial charge in [-0.3, -0.25) is 14.6 Å². The number of fused-ring (bicyclic) bond motifs is 2. The van der Waals surface area contributed by atoms with Crippen molar-refractivity contribution < 1.29 is 27.2 Å². The Hall–Kier alpha value is -4.45. The highest BCUT2D eigenvalue weighted by atomic mass is 19.4. The molecule has 0 bridgehead atoms. The molecule has 0 saturated carbocycles. The first-order valence-electron chi connectivity index (χ1n) is 15.0. The quantitative estimate of drug-likeness (QED) is 0.263. The van der Waals surface area contributed by atoms with E-state index in [9.17, 15) is 27.2 Å². The van der Waals surface area contributed by atoms with Gasteiger partial charge < -0.3 is 10.2 Å². The number of pyridine rings is 1. The van der Waals surface area contributed by atoms with E-state index in [1.807, 2.05) is 24.3 Å². The van der Waals surface area contributed by atoms with Crippen molar-refractivity contribution in [2.45, 2.75) is 51.2 Å². The van der Waals surface area contributed by atoms with E-state index in [1.165, 1.54) is 11.1 Å². The zero-order chi connectivity index (χ0) is 31.7. The van der Waals surface area contributed by atoms with Crippen molar-refractivity contribution in [2.75, 3.05) is 26.2 Å². The van der Waals surface area contributed by atoms with Crippen LogP contribution in [0, 0.1) is 5.82 Å². The maximum absolute atomic E-state index is 14.9. The molecule has 2 aliphatic heterocycles. The molecule has 12 heteroatoms. The van der Waals surface area contributed by atoms with Crippen LogP contribution in [0.2, 0.25) is 0 Å². The van der Waals surface area contributed by atoms with Gasteiger partial charge in [0, 0.05) is 49.3 Å². The van der Waals surface area contributed by atoms with Crippen LogP contribution in [0.4, 0.5) is 17.6 Å². The summed E-state index contributed by atoms with van der Waals surface area (Å²) in [4.78, 5) is 37.9. The number of nitrogens with one attached hydrogen (secondary N) is 1. The third kappa shape index (κ3) is 6.51. The molecule has 2 aromatic heterocycles. The van der Waals surface area contributed by atoms with Crippen LogP contribution in [0.15, 0.2) is 66.0 Å². The van der Waals surface area contributed by atoms with Crippen molar-refractivity contribution >= 4 is 22.5 Å². The van der Waals surface area contributed by atoms with Gasteiger partial charge in [0.1, 0.15) is 17.7 Å². The number of nitrogens with zero attached hydrogens (tertiary/aromatic N) is 5. The van der Waals surface area contributed by atoms with Crippen molar-refractivity contribution in [2.24, 2.45) is 0 Å². The number of carbonyl (C=O) groups is 2. The number of halogens is 4. The summed E-state index contributed by atoms with van der Waals surface area (Å²) in [6.07, 6.45) is 2.14. The molecule has 0 radical (unpaired) electrons. The normalized spacial score (nSPS) is 17.4. The molecule has 1 N–H and O–H groups in total. The van der Waals surface area contributed by atoms with Crippen molar-refractivity contribution in [3.05, 3.63) is 100 Å². The molecule has 1 fully saturated rings. The van der Waals surface area contributed by atoms with E-state index in [0.29, 0.717) is 30.6 Å². The third-order valence-corrected chi connectivity index (χ3v) is 8.45. The molecule has 1 atom stereocenters. The maximum atomic E-state index is 14.9. The summed E-state index contributed by atoms with van der Waals surface area (Å²) in [6, 6.07) is 8.92. The smallest absolute Gasteiger partial charge is 0.348 e. The summed E-state index contributed by atoms with van der Waals surface area (Å²) in [6.45, 7) is 4.80. The Labute approximate surface area is 257 Å². The van der Waals surface area contributed by atoms with E-state index in [-0.39, 0.29) is 35.6 Å². The second-order valence-corrected chi connectivity index (χ2v) is 11.6. The second-order valence-electron chi connectivity index (χ2n) is 11.6. The van der Waals surface area contributed by atoms with Gasteiger partial charge in [0.25, 0.3) is 5.91 Å². The van der Waals surface area contributed by atoms with Crippen LogP contribution < -0.4 is 5.32 Å². The number of hydrogen-bond donors (Lipinski definition) is 1. The molecule has 8 nitrogen and oxygen atoms in total. The van der Waals surface area contributed by atoms with Crippen LogP contribution in [0.25, 0.3) is 10.8 Å². The fraction of sp³-hybridized carbons (Fsp3) is 0.364. The van der Waals surface area contributed by atoms with Gasteiger partial charge in [0.2, 0.25) is 5.82 Å². The number of benzene rings is 2. The largest absolute Gasteiger partial charge is 0.419 e. The predicted molar refractivity (Wildman–Crippen MR) is 159 cm³/mol. The van der Waals surface area contributed by atoms with Crippen LogP contribution in [0.3, 0.4) is 0 Å². The number of Topliss-reactive ketones (excluding diaryl/α,β-unsaturated/α-hetero) is 1. The topological polar surface area (TPSA) is 93.0 Å². The number of aromatic nitrogens is 4. The summed E-state index contributed by atoms with van der Waals surface area (Å²) in [7, 11) is 0. The summed E-state index contributed by atoms with van der Waals surface area (Å²) in [5.41, 5.74) is 0.310. The van der Waals surface area contributed by atoms with E-state index in [0.717, 1.165) is 54.4 Å². The van der Waals surface area contributed by atoms with Gasteiger partial charge in [-0.15, -0.1) is 5.10 Å². The van der Waals surface area contributed by atoms with Crippen LogP contribution in [-0.4, -0.2) is 62.5 Å². The van der Waals surface area contributed by atoms with Gasteiger partial charge in [0.15, 0.2) is 5.78 Å². The number of ketones is 1. The predicted octanol–water partition coefficient (Wildman–Crippen LogP) is 5.47. The van der Waals surface area contributed by atoms with Crippen molar-refractivity contribution in [3.63, 3.8) is 0 Å². The molecule has 6 rings (SSSR count). The lowest BCUT2D eigenvalue weighted by Crippen LogP contribution is -2.38. The molecule has 234 valence electrons. The number of alkyl halides is 3. The molecule has 4 heterocycles. The van der Waals surface area contributed by atoms with Crippen LogP contribution in [-0.2, 0) is 23.8 Å². The third-order valence-electron chi connectivity index (χ3n) is 8.45. The van der Waals surface area contributed by atoms with Crippen LogP contribution >= 0.6 is 0 Å². The second kappa shape index (κ2) is 12.5. The van der Waals surface area contributed by atoms with Gasteiger partial charge in [-0.25, -0.2) is 14.1 Å². The van der Waals surface area contributed by atoms with E-state index >= 15 is 0 Å². The Morgan fingerprint density at radius 1 is 1.02 bits per heavy atom. The molecule has 1 saturated heterocycles. The summed E-state index contributed by atoms with van der Waals surface area (Å²) < 4.78 is 56.5. The molecular weight excluding hydrogens is 588 g/mol. The van der Waals surface area contributed by atoms with Crippen molar-refractivity contribution in [3.8, 4) is 0 Å². The van der Waals surface area contributed by atoms with Gasteiger partial charge >= 0.3 is 6.18 Å². The first-order valence-corrected chi connectivity index (χ1v) is 15.0. The summed E-state index contributed by atoms with van der Waals surface area (Å²) in [5, 5.41) is 9.09. The number of allylic oxidation sites excluding steroid dienone is 2. The van der Waals surface area contributed by atoms with Crippen molar-refractivity contribution in [1.29, 1.82) is 0 Å². The fourth-order valence-electron chi connectivity index (χ4n) is 6.21. The Balaban J connectivity index is 1.32. The molecular formula is C33H32F4N6O2. The lowest BCUT2D eigenvalue weighted by atomic mass is 9.85. The van der Waals surface area contributed by atoms with Gasteiger partial charge in [0.05, 0.1) is 5.56 Å². The maximum Gasteiger partial charge on any atom is 0.419 e. The molecule has 45 heavy (non-hydrogen) atoms. The zero-order valence-electron chi connectivity index (χ0n) is 24.7. The number of carbonyl (C=O) groups excluding carboxylic acids is 2. The van der Waals surface area contributed by atoms with Gasteiger partial charge in [-0.05, 0) is 67.6 Å².